The van der Waals surface area contributed by atoms with Crippen molar-refractivity contribution in [1.82, 2.24) is 4.98 Å². The molecule has 3 aromatic rings. The highest BCUT2D eigenvalue weighted by atomic mass is 16.5. The molecular weight excluding hydrogens is 264 g/mol. The fourth-order valence-corrected chi connectivity index (χ4v) is 2.46. The molecule has 0 radical (unpaired) electrons. The van der Waals surface area contributed by atoms with Gasteiger partial charge in [-0.2, -0.15) is 0 Å². The van der Waals surface area contributed by atoms with Gasteiger partial charge < -0.3 is 15.0 Å². The lowest BCUT2D eigenvalue weighted by Gasteiger charge is -2.07. The number of hydrogen-bond donors (Lipinski definition) is 2. The molecule has 0 bridgehead atoms. The monoisotopic (exact) mass is 280 g/mol. The van der Waals surface area contributed by atoms with Crippen LogP contribution < -0.4 is 10.1 Å². The van der Waals surface area contributed by atoms with Crippen LogP contribution in [0.1, 0.15) is 16.1 Å². The van der Waals surface area contributed by atoms with Crippen LogP contribution >= 0.6 is 0 Å². The van der Waals surface area contributed by atoms with Gasteiger partial charge in [-0.05, 0) is 25.1 Å². The molecule has 0 aliphatic heterocycles. The first-order chi connectivity index (χ1) is 10.2. The number of anilines is 1. The zero-order valence-corrected chi connectivity index (χ0v) is 11.9. The number of aryl methyl sites for hydroxylation is 1. The predicted octanol–water partition coefficient (Wildman–Crippen LogP) is 3.74. The molecule has 1 amide bonds. The summed E-state index contributed by atoms with van der Waals surface area (Å²) >= 11 is 0. The number of aromatic nitrogens is 1. The van der Waals surface area contributed by atoms with E-state index in [1.165, 1.54) is 0 Å². The Balaban J connectivity index is 1.95. The van der Waals surface area contributed by atoms with Crippen molar-refractivity contribution >= 4 is 22.5 Å². The Morgan fingerprint density at radius 1 is 1.14 bits per heavy atom. The van der Waals surface area contributed by atoms with Gasteiger partial charge >= 0.3 is 0 Å². The Morgan fingerprint density at radius 2 is 1.95 bits per heavy atom. The molecular formula is C17H16N2O2. The first kappa shape index (κ1) is 13.2. The van der Waals surface area contributed by atoms with Gasteiger partial charge in [-0.15, -0.1) is 0 Å². The molecule has 2 aromatic carbocycles. The van der Waals surface area contributed by atoms with Gasteiger partial charge in [0.2, 0.25) is 0 Å². The normalized spacial score (nSPS) is 10.6. The van der Waals surface area contributed by atoms with Crippen LogP contribution in [-0.2, 0) is 0 Å². The Morgan fingerprint density at radius 3 is 2.76 bits per heavy atom. The molecule has 2 N–H and O–H groups in total. The molecule has 0 atom stereocenters. The fraction of sp³-hybridized carbons (Fsp3) is 0.118. The number of methoxy groups -OCH3 is 1. The average Bonchev–Trinajstić information content (AvgIpc) is 2.83. The number of nitrogens with one attached hydrogen (secondary N) is 2. The van der Waals surface area contributed by atoms with E-state index in [-0.39, 0.29) is 5.91 Å². The predicted molar refractivity (Wildman–Crippen MR) is 84.0 cm³/mol. The van der Waals surface area contributed by atoms with Crippen LogP contribution in [0.2, 0.25) is 0 Å². The maximum absolute atomic E-state index is 12.5. The summed E-state index contributed by atoms with van der Waals surface area (Å²) < 4.78 is 5.16. The Kier molecular flexibility index (Phi) is 3.36. The summed E-state index contributed by atoms with van der Waals surface area (Å²) in [7, 11) is 1.60. The number of aromatic amines is 1. The highest BCUT2D eigenvalue weighted by Gasteiger charge is 2.15. The molecule has 106 valence electrons. The van der Waals surface area contributed by atoms with E-state index >= 15 is 0 Å². The summed E-state index contributed by atoms with van der Waals surface area (Å²) in [5.41, 5.74) is 3.21. The van der Waals surface area contributed by atoms with Gasteiger partial charge in [-0.25, -0.2) is 0 Å². The van der Waals surface area contributed by atoms with Gasteiger partial charge in [0, 0.05) is 28.4 Å². The lowest BCUT2D eigenvalue weighted by atomic mass is 10.1. The third kappa shape index (κ3) is 2.48. The number of benzene rings is 2. The summed E-state index contributed by atoms with van der Waals surface area (Å²) in [4.78, 5) is 15.8. The van der Waals surface area contributed by atoms with Gasteiger partial charge in [0.1, 0.15) is 5.75 Å². The molecule has 0 saturated carbocycles. The zero-order valence-electron chi connectivity index (χ0n) is 11.9. The van der Waals surface area contributed by atoms with E-state index in [9.17, 15) is 4.79 Å². The average molecular weight is 280 g/mol. The second-order valence-electron chi connectivity index (χ2n) is 4.86. The van der Waals surface area contributed by atoms with Gasteiger partial charge in [0.15, 0.2) is 0 Å². The zero-order chi connectivity index (χ0) is 14.8. The van der Waals surface area contributed by atoms with Crippen molar-refractivity contribution in [2.45, 2.75) is 6.92 Å². The summed E-state index contributed by atoms with van der Waals surface area (Å²) in [5.74, 6) is 0.585. The van der Waals surface area contributed by atoms with Gasteiger partial charge in [0.05, 0.1) is 12.7 Å². The molecule has 1 heterocycles. The summed E-state index contributed by atoms with van der Waals surface area (Å²) in [6.07, 6.45) is 0. The second kappa shape index (κ2) is 5.32. The van der Waals surface area contributed by atoms with Gasteiger partial charge in [0.25, 0.3) is 5.91 Å². The molecule has 1 aromatic heterocycles. The van der Waals surface area contributed by atoms with Crippen LogP contribution in [0.15, 0.2) is 48.5 Å². The molecule has 0 aliphatic rings. The topological polar surface area (TPSA) is 54.1 Å². The molecule has 0 unspecified atom stereocenters. The number of hydrogen-bond acceptors (Lipinski definition) is 2. The van der Waals surface area contributed by atoms with Crippen LogP contribution in [0.25, 0.3) is 10.9 Å². The van der Waals surface area contributed by atoms with E-state index in [4.69, 9.17) is 4.74 Å². The van der Waals surface area contributed by atoms with E-state index in [0.717, 1.165) is 16.6 Å². The molecule has 4 heteroatoms. The van der Waals surface area contributed by atoms with E-state index in [1.807, 2.05) is 49.4 Å². The van der Waals surface area contributed by atoms with Crippen LogP contribution in [0, 0.1) is 6.92 Å². The maximum atomic E-state index is 12.5. The minimum Gasteiger partial charge on any atom is -0.497 e. The number of amides is 1. The first-order valence-electron chi connectivity index (χ1n) is 6.72. The van der Waals surface area contributed by atoms with Crippen LogP contribution in [-0.4, -0.2) is 18.0 Å². The van der Waals surface area contributed by atoms with Gasteiger partial charge in [-0.1, -0.05) is 24.3 Å². The number of rotatable bonds is 3. The molecule has 4 nitrogen and oxygen atoms in total. The highest BCUT2D eigenvalue weighted by Crippen LogP contribution is 2.24. The van der Waals surface area contributed by atoms with Crippen molar-refractivity contribution in [1.29, 1.82) is 0 Å². The standard InChI is InChI=1S/C17H16N2O2/c1-11-16(14-8-3-4-9-15(14)18-11)17(20)19-12-6-5-7-13(10-12)21-2/h3-10,18H,1-2H3,(H,19,20). The minimum absolute atomic E-state index is 0.127. The van der Waals surface area contributed by atoms with E-state index < -0.39 is 0 Å². The van der Waals surface area contributed by atoms with Crippen molar-refractivity contribution in [3.05, 3.63) is 59.8 Å². The molecule has 0 fully saturated rings. The van der Waals surface area contributed by atoms with E-state index in [1.54, 1.807) is 13.2 Å². The van der Waals surface area contributed by atoms with Crippen molar-refractivity contribution in [2.24, 2.45) is 0 Å². The van der Waals surface area contributed by atoms with Crippen molar-refractivity contribution in [3.8, 4) is 5.75 Å². The highest BCUT2D eigenvalue weighted by molar-refractivity contribution is 6.13. The molecule has 3 rings (SSSR count). The SMILES string of the molecule is COc1cccc(NC(=O)c2c(C)[nH]c3ccccc23)c1. The second-order valence-corrected chi connectivity index (χ2v) is 4.86. The smallest absolute Gasteiger partial charge is 0.258 e. The lowest BCUT2D eigenvalue weighted by molar-refractivity contribution is 0.102. The number of H-pyrrole nitrogens is 1. The first-order valence-corrected chi connectivity index (χ1v) is 6.72. The summed E-state index contributed by atoms with van der Waals surface area (Å²) in [6.45, 7) is 1.90. The Bertz CT molecular complexity index is 805. The van der Waals surface area contributed by atoms with E-state index in [0.29, 0.717) is 17.0 Å². The number of carbonyl (C=O) groups excluding carboxylic acids is 1. The summed E-state index contributed by atoms with van der Waals surface area (Å²) in [6, 6.07) is 15.1. The van der Waals surface area contributed by atoms with Crippen LogP contribution in [0.4, 0.5) is 5.69 Å². The number of carbonyl (C=O) groups is 1. The molecule has 0 aliphatic carbocycles. The Hall–Kier alpha value is -2.75. The van der Waals surface area contributed by atoms with E-state index in [2.05, 4.69) is 10.3 Å². The fourth-order valence-electron chi connectivity index (χ4n) is 2.46. The van der Waals surface area contributed by atoms with Gasteiger partial charge in [-0.3, -0.25) is 4.79 Å². The lowest BCUT2D eigenvalue weighted by Crippen LogP contribution is -2.12. The van der Waals surface area contributed by atoms with Crippen LogP contribution in [0.5, 0.6) is 5.75 Å². The van der Waals surface area contributed by atoms with Crippen LogP contribution in [0.3, 0.4) is 0 Å². The number of fused-ring (bicyclic) bond motifs is 1. The largest absolute Gasteiger partial charge is 0.497 e. The summed E-state index contributed by atoms with van der Waals surface area (Å²) in [5, 5.41) is 3.84. The van der Waals surface area contributed by atoms with Crippen molar-refractivity contribution in [2.75, 3.05) is 12.4 Å². The minimum atomic E-state index is -0.127. The maximum Gasteiger partial charge on any atom is 0.258 e. The third-order valence-electron chi connectivity index (χ3n) is 3.45. The molecule has 21 heavy (non-hydrogen) atoms. The number of ether oxygens (including phenoxy) is 1. The van der Waals surface area contributed by atoms with Crippen molar-refractivity contribution in [3.63, 3.8) is 0 Å². The number of para-hydroxylation sites is 1. The molecule has 0 spiro atoms. The van der Waals surface area contributed by atoms with Crippen molar-refractivity contribution < 1.29 is 9.53 Å². The molecule has 0 saturated heterocycles. The third-order valence-corrected chi connectivity index (χ3v) is 3.45. The Labute approximate surface area is 122 Å². The quantitative estimate of drug-likeness (QED) is 0.768.